The molecular formula is C18H25N5O2S. The number of likely N-dealkylation sites (tertiary alicyclic amines) is 1. The van der Waals surface area contributed by atoms with Crippen molar-refractivity contribution in [2.24, 2.45) is 13.0 Å². The maximum atomic E-state index is 12.8. The van der Waals surface area contributed by atoms with Crippen LogP contribution in [0.25, 0.3) is 0 Å². The molecule has 26 heavy (non-hydrogen) atoms. The van der Waals surface area contributed by atoms with Crippen molar-refractivity contribution in [2.75, 3.05) is 13.1 Å². The van der Waals surface area contributed by atoms with E-state index in [0.717, 1.165) is 30.2 Å². The molecular weight excluding hydrogens is 350 g/mol. The van der Waals surface area contributed by atoms with Gasteiger partial charge < -0.3 is 10.4 Å². The molecule has 3 heterocycles. The van der Waals surface area contributed by atoms with Crippen LogP contribution >= 0.6 is 11.3 Å². The Labute approximate surface area is 157 Å². The molecule has 1 atom stereocenters. The highest BCUT2D eigenvalue weighted by molar-refractivity contribution is 7.13. The molecule has 0 bridgehead atoms. The van der Waals surface area contributed by atoms with Crippen LogP contribution in [0.3, 0.4) is 0 Å². The van der Waals surface area contributed by atoms with Gasteiger partial charge in [0.1, 0.15) is 9.88 Å². The number of thiazole rings is 1. The first-order valence-electron chi connectivity index (χ1n) is 9.23. The summed E-state index contributed by atoms with van der Waals surface area (Å²) in [5.74, 6) is 0.153. The molecule has 0 aromatic carbocycles. The SMILES string of the molecule is Cn1cc(C(NC(=O)c2cnc(CN3CCCC3)s2)C2CC(O)C2)cn1. The number of nitrogens with zero attached hydrogens (tertiary/aromatic N) is 4. The molecule has 7 nitrogen and oxygen atoms in total. The number of amides is 1. The highest BCUT2D eigenvalue weighted by Crippen LogP contribution is 2.38. The fraction of sp³-hybridized carbons (Fsp3) is 0.611. The van der Waals surface area contributed by atoms with Gasteiger partial charge in [0.25, 0.3) is 5.91 Å². The van der Waals surface area contributed by atoms with E-state index in [1.165, 1.54) is 24.2 Å². The van der Waals surface area contributed by atoms with Crippen LogP contribution in [0, 0.1) is 5.92 Å². The second-order valence-electron chi connectivity index (χ2n) is 7.39. The van der Waals surface area contributed by atoms with E-state index in [9.17, 15) is 9.90 Å². The summed E-state index contributed by atoms with van der Waals surface area (Å²) in [6.45, 7) is 3.07. The smallest absolute Gasteiger partial charge is 0.263 e. The summed E-state index contributed by atoms with van der Waals surface area (Å²) in [6.07, 6.45) is 9.07. The van der Waals surface area contributed by atoms with E-state index in [4.69, 9.17) is 0 Å². The highest BCUT2D eigenvalue weighted by atomic mass is 32.1. The second-order valence-corrected chi connectivity index (χ2v) is 8.50. The Morgan fingerprint density at radius 3 is 2.81 bits per heavy atom. The van der Waals surface area contributed by atoms with Gasteiger partial charge in [0.2, 0.25) is 0 Å². The Hall–Kier alpha value is -1.77. The summed E-state index contributed by atoms with van der Waals surface area (Å²) in [4.78, 5) is 20.2. The topological polar surface area (TPSA) is 83.3 Å². The van der Waals surface area contributed by atoms with Crippen LogP contribution in [-0.4, -0.2) is 49.9 Å². The minimum atomic E-state index is -0.258. The van der Waals surface area contributed by atoms with E-state index in [1.807, 2.05) is 13.2 Å². The number of carbonyl (C=O) groups excluding carboxylic acids is 1. The van der Waals surface area contributed by atoms with Gasteiger partial charge in [0.05, 0.1) is 31.1 Å². The molecule has 1 saturated carbocycles. The molecule has 2 fully saturated rings. The summed E-state index contributed by atoms with van der Waals surface area (Å²) in [7, 11) is 1.87. The highest BCUT2D eigenvalue weighted by Gasteiger charge is 2.36. The number of aromatic nitrogens is 3. The van der Waals surface area contributed by atoms with Crippen molar-refractivity contribution in [1.82, 2.24) is 25.0 Å². The molecule has 1 aliphatic carbocycles. The second kappa shape index (κ2) is 7.46. The Morgan fingerprint density at radius 1 is 1.38 bits per heavy atom. The predicted octanol–water partition coefficient (Wildman–Crippen LogP) is 1.71. The molecule has 2 aliphatic rings. The van der Waals surface area contributed by atoms with Crippen LogP contribution in [0.5, 0.6) is 0 Å². The third-order valence-electron chi connectivity index (χ3n) is 5.33. The molecule has 0 spiro atoms. The summed E-state index contributed by atoms with van der Waals surface area (Å²) in [5, 5.41) is 18.0. The standard InChI is InChI=1S/C18H25N5O2S/c1-22-10-13(8-20-22)17(12-6-14(24)7-12)21-18(25)15-9-19-16(26-15)11-23-4-2-3-5-23/h8-10,12,14,17,24H,2-7,11H2,1H3,(H,21,25). The number of hydrogen-bond acceptors (Lipinski definition) is 6. The lowest BCUT2D eigenvalue weighted by molar-refractivity contribution is 0.0235. The van der Waals surface area contributed by atoms with Gasteiger partial charge in [-0.05, 0) is 44.7 Å². The number of nitrogens with one attached hydrogen (secondary N) is 1. The average Bonchev–Trinajstić information content (AvgIpc) is 3.32. The minimum absolute atomic E-state index is 0.0922. The van der Waals surface area contributed by atoms with Gasteiger partial charge in [-0.3, -0.25) is 14.4 Å². The Kier molecular flexibility index (Phi) is 5.06. The van der Waals surface area contributed by atoms with Crippen molar-refractivity contribution in [1.29, 1.82) is 0 Å². The van der Waals surface area contributed by atoms with Gasteiger partial charge in [-0.1, -0.05) is 0 Å². The molecule has 2 aromatic rings. The first-order chi connectivity index (χ1) is 12.6. The van der Waals surface area contributed by atoms with Crippen LogP contribution in [-0.2, 0) is 13.6 Å². The van der Waals surface area contributed by atoms with Gasteiger partial charge in [0, 0.05) is 18.8 Å². The molecule has 1 aliphatic heterocycles. The van der Waals surface area contributed by atoms with E-state index in [1.54, 1.807) is 17.1 Å². The van der Waals surface area contributed by atoms with Crippen LogP contribution in [0.4, 0.5) is 0 Å². The molecule has 1 amide bonds. The molecule has 4 rings (SSSR count). The largest absolute Gasteiger partial charge is 0.393 e. The normalized spacial score (nSPS) is 24.4. The van der Waals surface area contributed by atoms with Crippen molar-refractivity contribution in [2.45, 2.75) is 44.4 Å². The Bertz CT molecular complexity index is 761. The van der Waals surface area contributed by atoms with Crippen molar-refractivity contribution in [3.63, 3.8) is 0 Å². The zero-order chi connectivity index (χ0) is 18.1. The minimum Gasteiger partial charge on any atom is -0.393 e. The lowest BCUT2D eigenvalue weighted by Crippen LogP contribution is -2.41. The van der Waals surface area contributed by atoms with Crippen LogP contribution < -0.4 is 5.32 Å². The number of rotatable bonds is 6. The number of aliphatic hydroxyl groups is 1. The number of carbonyl (C=O) groups is 1. The van der Waals surface area contributed by atoms with E-state index in [-0.39, 0.29) is 24.0 Å². The van der Waals surface area contributed by atoms with Gasteiger partial charge in [-0.2, -0.15) is 5.10 Å². The quantitative estimate of drug-likeness (QED) is 0.803. The van der Waals surface area contributed by atoms with Crippen molar-refractivity contribution < 1.29 is 9.90 Å². The van der Waals surface area contributed by atoms with Crippen LogP contribution in [0.15, 0.2) is 18.6 Å². The summed E-state index contributed by atoms with van der Waals surface area (Å²) in [5.41, 5.74) is 0.986. The zero-order valence-corrected chi connectivity index (χ0v) is 15.8. The monoisotopic (exact) mass is 375 g/mol. The first kappa shape index (κ1) is 17.6. The van der Waals surface area contributed by atoms with E-state index < -0.39 is 0 Å². The first-order valence-corrected chi connectivity index (χ1v) is 10.0. The number of aliphatic hydroxyl groups excluding tert-OH is 1. The Balaban J connectivity index is 1.43. The third kappa shape index (κ3) is 3.82. The van der Waals surface area contributed by atoms with E-state index in [0.29, 0.717) is 17.7 Å². The van der Waals surface area contributed by atoms with Crippen molar-refractivity contribution >= 4 is 17.2 Å². The lowest BCUT2D eigenvalue weighted by atomic mass is 9.75. The lowest BCUT2D eigenvalue weighted by Gasteiger charge is -2.37. The zero-order valence-electron chi connectivity index (χ0n) is 15.0. The summed E-state index contributed by atoms with van der Waals surface area (Å²) < 4.78 is 1.74. The van der Waals surface area contributed by atoms with Crippen LogP contribution in [0.1, 0.15) is 52.0 Å². The summed E-state index contributed by atoms with van der Waals surface area (Å²) in [6, 6.07) is -0.122. The summed E-state index contributed by atoms with van der Waals surface area (Å²) >= 11 is 1.47. The van der Waals surface area contributed by atoms with Crippen molar-refractivity contribution in [3.8, 4) is 0 Å². The molecule has 8 heteroatoms. The fourth-order valence-corrected chi connectivity index (χ4v) is 4.67. The van der Waals surface area contributed by atoms with Gasteiger partial charge in [-0.25, -0.2) is 4.98 Å². The molecule has 0 radical (unpaired) electrons. The van der Waals surface area contributed by atoms with Crippen LogP contribution in [0.2, 0.25) is 0 Å². The predicted molar refractivity (Wildman–Crippen MR) is 98.8 cm³/mol. The van der Waals surface area contributed by atoms with Gasteiger partial charge in [0.15, 0.2) is 0 Å². The maximum Gasteiger partial charge on any atom is 0.263 e. The molecule has 2 aromatic heterocycles. The maximum absolute atomic E-state index is 12.8. The molecule has 2 N–H and O–H groups in total. The van der Waals surface area contributed by atoms with E-state index >= 15 is 0 Å². The van der Waals surface area contributed by atoms with Gasteiger partial charge >= 0.3 is 0 Å². The van der Waals surface area contributed by atoms with Gasteiger partial charge in [-0.15, -0.1) is 11.3 Å². The molecule has 140 valence electrons. The fourth-order valence-electron chi connectivity index (χ4n) is 3.81. The Morgan fingerprint density at radius 2 is 2.15 bits per heavy atom. The van der Waals surface area contributed by atoms with E-state index in [2.05, 4.69) is 20.3 Å². The number of aryl methyl sites for hydroxylation is 1. The number of hydrogen-bond donors (Lipinski definition) is 2. The average molecular weight is 375 g/mol. The molecule has 1 saturated heterocycles. The molecule has 1 unspecified atom stereocenters. The third-order valence-corrected chi connectivity index (χ3v) is 6.31. The van der Waals surface area contributed by atoms with Crippen molar-refractivity contribution in [3.05, 3.63) is 34.0 Å².